The van der Waals surface area contributed by atoms with Crippen molar-refractivity contribution in [1.82, 2.24) is 9.13 Å². The zero-order valence-corrected chi connectivity index (χ0v) is 8.13. The summed E-state index contributed by atoms with van der Waals surface area (Å²) in [6.07, 6.45) is -4.69. The normalized spacial score (nSPS) is 11.8. The second-order valence-corrected chi connectivity index (χ2v) is 2.95. The zero-order chi connectivity index (χ0) is 11.8. The van der Waals surface area contributed by atoms with E-state index in [2.05, 4.69) is 0 Å². The van der Waals surface area contributed by atoms with Gasteiger partial charge in [-0.25, -0.2) is 4.79 Å². The minimum Gasteiger partial charge on any atom is -0.289 e. The maximum absolute atomic E-state index is 12.4. The lowest BCUT2D eigenvalue weighted by Gasteiger charge is -2.13. The van der Waals surface area contributed by atoms with E-state index < -0.39 is 23.1 Å². The van der Waals surface area contributed by atoms with Crippen LogP contribution in [0.15, 0.2) is 15.7 Å². The van der Waals surface area contributed by atoms with E-state index in [0.29, 0.717) is 15.2 Å². The fourth-order valence-electron chi connectivity index (χ4n) is 1.21. The lowest BCUT2D eigenvalue weighted by molar-refractivity contribution is -0.144. The first kappa shape index (κ1) is 11.5. The van der Waals surface area contributed by atoms with Gasteiger partial charge < -0.3 is 0 Å². The number of rotatable bonds is 1. The maximum atomic E-state index is 12.4. The highest BCUT2D eigenvalue weighted by Crippen LogP contribution is 2.27. The highest BCUT2D eigenvalue weighted by Gasteiger charge is 2.35. The Morgan fingerprint density at radius 3 is 2.27 bits per heavy atom. The van der Waals surface area contributed by atoms with Gasteiger partial charge in [-0.2, -0.15) is 13.2 Å². The first-order chi connectivity index (χ1) is 6.79. The fourth-order valence-corrected chi connectivity index (χ4v) is 1.21. The molecule has 0 radical (unpaired) electrons. The van der Waals surface area contributed by atoms with E-state index in [-0.39, 0.29) is 6.54 Å². The second-order valence-electron chi connectivity index (χ2n) is 2.95. The predicted molar refractivity (Wildman–Crippen MR) is 46.6 cm³/mol. The van der Waals surface area contributed by atoms with Crippen molar-refractivity contribution < 1.29 is 13.2 Å². The number of nitrogens with zero attached hydrogens (tertiary/aromatic N) is 2. The molecule has 1 heterocycles. The molecule has 1 aromatic rings. The Morgan fingerprint density at radius 2 is 1.87 bits per heavy atom. The van der Waals surface area contributed by atoms with Gasteiger partial charge in [0, 0.05) is 19.7 Å². The van der Waals surface area contributed by atoms with Gasteiger partial charge in [0.25, 0.3) is 5.56 Å². The van der Waals surface area contributed by atoms with Crippen LogP contribution in [0.25, 0.3) is 0 Å². The van der Waals surface area contributed by atoms with Crippen LogP contribution in [0.5, 0.6) is 0 Å². The summed E-state index contributed by atoms with van der Waals surface area (Å²) in [6, 6.07) is 0.422. The molecule has 0 aliphatic carbocycles. The van der Waals surface area contributed by atoms with Gasteiger partial charge in [0.05, 0.1) is 0 Å². The van der Waals surface area contributed by atoms with Gasteiger partial charge in [-0.05, 0) is 6.92 Å². The molecule has 0 fully saturated rings. The van der Waals surface area contributed by atoms with Crippen molar-refractivity contribution in [2.75, 3.05) is 0 Å². The van der Waals surface area contributed by atoms with E-state index in [4.69, 9.17) is 0 Å². The molecule has 0 aliphatic heterocycles. The molecule has 0 bridgehead atoms. The van der Waals surface area contributed by atoms with Crippen LogP contribution in [-0.4, -0.2) is 9.13 Å². The van der Waals surface area contributed by atoms with E-state index in [1.807, 2.05) is 0 Å². The largest absolute Gasteiger partial charge is 0.431 e. The van der Waals surface area contributed by atoms with E-state index >= 15 is 0 Å². The SMILES string of the molecule is CCn1c(C(F)(F)F)cc(=O)n(C)c1=O. The molecular formula is C8H9F3N2O2. The molecule has 15 heavy (non-hydrogen) atoms. The summed E-state index contributed by atoms with van der Waals surface area (Å²) in [5.41, 5.74) is -3.13. The van der Waals surface area contributed by atoms with Crippen LogP contribution < -0.4 is 11.2 Å². The van der Waals surface area contributed by atoms with Gasteiger partial charge in [-0.3, -0.25) is 13.9 Å². The molecule has 7 heteroatoms. The minimum atomic E-state index is -4.69. The Hall–Kier alpha value is -1.53. The third-order valence-electron chi connectivity index (χ3n) is 2.01. The average molecular weight is 222 g/mol. The molecular weight excluding hydrogens is 213 g/mol. The van der Waals surface area contributed by atoms with Crippen LogP contribution in [0.3, 0.4) is 0 Å². The lowest BCUT2D eigenvalue weighted by Crippen LogP contribution is -2.40. The van der Waals surface area contributed by atoms with Gasteiger partial charge in [0.1, 0.15) is 5.69 Å². The Labute approximate surface area is 82.6 Å². The molecule has 1 rings (SSSR count). The van der Waals surface area contributed by atoms with Crippen molar-refractivity contribution >= 4 is 0 Å². The van der Waals surface area contributed by atoms with Gasteiger partial charge >= 0.3 is 11.9 Å². The van der Waals surface area contributed by atoms with E-state index in [1.54, 1.807) is 0 Å². The number of alkyl halides is 3. The van der Waals surface area contributed by atoms with Crippen molar-refractivity contribution in [3.8, 4) is 0 Å². The third-order valence-corrected chi connectivity index (χ3v) is 2.01. The number of aromatic nitrogens is 2. The standard InChI is InChI=1S/C8H9F3N2O2/c1-3-13-5(8(9,10)11)4-6(14)12(2)7(13)15/h4H,3H2,1-2H3. The van der Waals surface area contributed by atoms with Crippen molar-refractivity contribution in [3.63, 3.8) is 0 Å². The van der Waals surface area contributed by atoms with Gasteiger partial charge in [0.2, 0.25) is 0 Å². The number of hydrogen-bond acceptors (Lipinski definition) is 2. The molecule has 0 amide bonds. The molecule has 84 valence electrons. The molecule has 0 N–H and O–H groups in total. The fraction of sp³-hybridized carbons (Fsp3) is 0.500. The van der Waals surface area contributed by atoms with Gasteiger partial charge in [-0.15, -0.1) is 0 Å². The molecule has 0 aliphatic rings. The Morgan fingerprint density at radius 1 is 1.33 bits per heavy atom. The molecule has 4 nitrogen and oxygen atoms in total. The summed E-state index contributed by atoms with van der Waals surface area (Å²) in [5.74, 6) is 0. The molecule has 0 atom stereocenters. The summed E-state index contributed by atoms with van der Waals surface area (Å²) < 4.78 is 38.4. The summed E-state index contributed by atoms with van der Waals surface area (Å²) in [4.78, 5) is 22.3. The van der Waals surface area contributed by atoms with Crippen LogP contribution >= 0.6 is 0 Å². The first-order valence-electron chi connectivity index (χ1n) is 4.17. The van der Waals surface area contributed by atoms with Crippen LogP contribution in [0.2, 0.25) is 0 Å². The first-order valence-corrected chi connectivity index (χ1v) is 4.17. The Kier molecular flexibility index (Phi) is 2.74. The van der Waals surface area contributed by atoms with E-state index in [1.165, 1.54) is 6.92 Å². The van der Waals surface area contributed by atoms with Crippen molar-refractivity contribution in [2.24, 2.45) is 7.05 Å². The van der Waals surface area contributed by atoms with Crippen LogP contribution in [0.1, 0.15) is 12.6 Å². The third kappa shape index (κ3) is 1.95. The number of hydrogen-bond donors (Lipinski definition) is 0. The predicted octanol–water partition coefficient (Wildman–Crippen LogP) is 0.586. The smallest absolute Gasteiger partial charge is 0.289 e. The molecule has 0 aromatic carbocycles. The van der Waals surface area contributed by atoms with Crippen molar-refractivity contribution in [1.29, 1.82) is 0 Å². The summed E-state index contributed by atoms with van der Waals surface area (Å²) >= 11 is 0. The minimum absolute atomic E-state index is 0.137. The second kappa shape index (κ2) is 3.56. The Balaban J connectivity index is 3.69. The summed E-state index contributed by atoms with van der Waals surface area (Å²) in [7, 11) is 1.14. The van der Waals surface area contributed by atoms with E-state index in [9.17, 15) is 22.8 Å². The molecule has 0 spiro atoms. The highest BCUT2D eigenvalue weighted by atomic mass is 19.4. The van der Waals surface area contributed by atoms with E-state index in [0.717, 1.165) is 7.05 Å². The van der Waals surface area contributed by atoms with Crippen LogP contribution in [0.4, 0.5) is 13.2 Å². The van der Waals surface area contributed by atoms with Crippen LogP contribution in [-0.2, 0) is 19.8 Å². The zero-order valence-electron chi connectivity index (χ0n) is 8.13. The molecule has 0 saturated carbocycles. The Bertz CT molecular complexity index is 484. The topological polar surface area (TPSA) is 44.0 Å². The van der Waals surface area contributed by atoms with Gasteiger partial charge in [-0.1, -0.05) is 0 Å². The van der Waals surface area contributed by atoms with Crippen LogP contribution in [0, 0.1) is 0 Å². The maximum Gasteiger partial charge on any atom is 0.431 e. The summed E-state index contributed by atoms with van der Waals surface area (Å²) in [5, 5.41) is 0. The molecule has 0 saturated heterocycles. The monoisotopic (exact) mass is 222 g/mol. The van der Waals surface area contributed by atoms with Crippen molar-refractivity contribution in [2.45, 2.75) is 19.6 Å². The quantitative estimate of drug-likeness (QED) is 0.697. The van der Waals surface area contributed by atoms with Crippen molar-refractivity contribution in [3.05, 3.63) is 32.6 Å². The lowest BCUT2D eigenvalue weighted by atomic mass is 10.3. The number of halogens is 3. The molecule has 1 aromatic heterocycles. The average Bonchev–Trinajstić information content (AvgIpc) is 2.12. The highest BCUT2D eigenvalue weighted by molar-refractivity contribution is 5.06. The summed E-state index contributed by atoms with van der Waals surface area (Å²) in [6.45, 7) is 1.27. The van der Waals surface area contributed by atoms with Gasteiger partial charge in [0.15, 0.2) is 0 Å². The molecule has 0 unspecified atom stereocenters.